The highest BCUT2D eigenvalue weighted by Gasteiger charge is 2.09. The fraction of sp³-hybridized carbons (Fsp3) is 0.333. The molecule has 0 saturated carbocycles. The molecule has 0 radical (unpaired) electrons. The van der Waals surface area contributed by atoms with E-state index in [2.05, 4.69) is 43.4 Å². The van der Waals surface area contributed by atoms with Crippen LogP contribution in [0.3, 0.4) is 0 Å². The largest absolute Gasteiger partial charge is 0.491 e. The van der Waals surface area contributed by atoms with Gasteiger partial charge in [-0.15, -0.1) is 0 Å². The van der Waals surface area contributed by atoms with Gasteiger partial charge in [0.15, 0.2) is 0 Å². The number of benzene rings is 2. The number of hydrogen-bond acceptors (Lipinski definition) is 3. The molecule has 2 rings (SSSR count). The first-order valence-electron chi connectivity index (χ1n) is 7.31. The first kappa shape index (κ1) is 15.5. The van der Waals surface area contributed by atoms with E-state index < -0.39 is 6.10 Å². The topological polar surface area (TPSA) is 41.5 Å². The molecule has 2 aromatic rings. The van der Waals surface area contributed by atoms with Crippen LogP contribution in [0.5, 0.6) is 5.75 Å². The van der Waals surface area contributed by atoms with Crippen LogP contribution < -0.4 is 10.1 Å². The van der Waals surface area contributed by atoms with E-state index in [-0.39, 0.29) is 12.6 Å². The summed E-state index contributed by atoms with van der Waals surface area (Å²) >= 11 is 0. The highest BCUT2D eigenvalue weighted by molar-refractivity contribution is 5.23. The van der Waals surface area contributed by atoms with Gasteiger partial charge >= 0.3 is 0 Å². The van der Waals surface area contributed by atoms with E-state index in [4.69, 9.17) is 4.74 Å². The summed E-state index contributed by atoms with van der Waals surface area (Å²) in [5.41, 5.74) is 2.47. The molecule has 0 aliphatic carbocycles. The Morgan fingerprint density at radius 2 is 1.71 bits per heavy atom. The maximum Gasteiger partial charge on any atom is 0.119 e. The maximum atomic E-state index is 9.96. The van der Waals surface area contributed by atoms with Crippen LogP contribution in [0.1, 0.15) is 24.1 Å². The molecular weight excluding hydrogens is 262 g/mol. The molecular formula is C18H23NO2. The standard InChI is InChI=1S/C18H23NO2/c1-14-8-10-16(11-9-14)15(2)19-12-17(20)13-21-18-6-4-3-5-7-18/h3-11,15,17,19-20H,12-13H2,1-2H3/t15-,17?/m0/s1. The first-order valence-corrected chi connectivity index (χ1v) is 7.31. The molecule has 112 valence electrons. The molecule has 1 unspecified atom stereocenters. The zero-order valence-electron chi connectivity index (χ0n) is 12.6. The second-order valence-electron chi connectivity index (χ2n) is 5.32. The summed E-state index contributed by atoms with van der Waals surface area (Å²) in [5, 5.41) is 13.3. The Morgan fingerprint density at radius 3 is 2.38 bits per heavy atom. The highest BCUT2D eigenvalue weighted by atomic mass is 16.5. The molecule has 0 spiro atoms. The van der Waals surface area contributed by atoms with Gasteiger partial charge in [0.25, 0.3) is 0 Å². The van der Waals surface area contributed by atoms with Gasteiger partial charge in [-0.2, -0.15) is 0 Å². The lowest BCUT2D eigenvalue weighted by molar-refractivity contribution is 0.104. The molecule has 2 N–H and O–H groups in total. The Hall–Kier alpha value is -1.84. The van der Waals surface area contributed by atoms with Crippen LogP contribution in [0, 0.1) is 6.92 Å². The van der Waals surface area contributed by atoms with E-state index in [9.17, 15) is 5.11 Å². The van der Waals surface area contributed by atoms with Crippen LogP contribution in [0.25, 0.3) is 0 Å². The molecule has 2 aromatic carbocycles. The smallest absolute Gasteiger partial charge is 0.119 e. The summed E-state index contributed by atoms with van der Waals surface area (Å²) in [6, 6.07) is 18.2. The van der Waals surface area contributed by atoms with Crippen LogP contribution in [0.15, 0.2) is 54.6 Å². The molecule has 0 bridgehead atoms. The van der Waals surface area contributed by atoms with Crippen LogP contribution in [-0.2, 0) is 0 Å². The minimum absolute atomic E-state index is 0.206. The minimum atomic E-state index is -0.530. The monoisotopic (exact) mass is 285 g/mol. The summed E-state index contributed by atoms with van der Waals surface area (Å²) in [4.78, 5) is 0. The van der Waals surface area contributed by atoms with Crippen molar-refractivity contribution in [3.63, 3.8) is 0 Å². The van der Waals surface area contributed by atoms with Crippen molar-refractivity contribution in [2.24, 2.45) is 0 Å². The number of ether oxygens (including phenoxy) is 1. The molecule has 2 atom stereocenters. The van der Waals surface area contributed by atoms with Crippen molar-refractivity contribution >= 4 is 0 Å². The quantitative estimate of drug-likeness (QED) is 0.821. The van der Waals surface area contributed by atoms with Crippen LogP contribution in [-0.4, -0.2) is 24.4 Å². The molecule has 3 heteroatoms. The van der Waals surface area contributed by atoms with Crippen LogP contribution in [0.4, 0.5) is 0 Å². The zero-order valence-corrected chi connectivity index (χ0v) is 12.6. The van der Waals surface area contributed by atoms with Crippen molar-refractivity contribution in [2.75, 3.05) is 13.2 Å². The van der Waals surface area contributed by atoms with E-state index in [1.165, 1.54) is 11.1 Å². The number of aryl methyl sites for hydroxylation is 1. The highest BCUT2D eigenvalue weighted by Crippen LogP contribution is 2.13. The van der Waals surface area contributed by atoms with Gasteiger partial charge in [0.2, 0.25) is 0 Å². The second kappa shape index (κ2) is 7.81. The van der Waals surface area contributed by atoms with E-state index in [1.54, 1.807) is 0 Å². The summed E-state index contributed by atoms with van der Waals surface area (Å²) in [7, 11) is 0. The van der Waals surface area contributed by atoms with Crippen LogP contribution >= 0.6 is 0 Å². The Morgan fingerprint density at radius 1 is 1.05 bits per heavy atom. The number of rotatable bonds is 7. The van der Waals surface area contributed by atoms with Gasteiger partial charge in [0.1, 0.15) is 18.5 Å². The number of hydrogen-bond donors (Lipinski definition) is 2. The number of aliphatic hydroxyl groups excluding tert-OH is 1. The summed E-state index contributed by atoms with van der Waals surface area (Å²) in [5.74, 6) is 0.781. The lowest BCUT2D eigenvalue weighted by atomic mass is 10.1. The Labute approximate surface area is 126 Å². The zero-order chi connectivity index (χ0) is 15.1. The maximum absolute atomic E-state index is 9.96. The molecule has 21 heavy (non-hydrogen) atoms. The summed E-state index contributed by atoms with van der Waals surface area (Å²) in [6.45, 7) is 4.96. The van der Waals surface area contributed by atoms with E-state index >= 15 is 0 Å². The van der Waals surface area contributed by atoms with Gasteiger partial charge in [-0.05, 0) is 31.5 Å². The van der Waals surface area contributed by atoms with Gasteiger partial charge < -0.3 is 15.2 Å². The normalized spacial score (nSPS) is 13.7. The molecule has 0 aromatic heterocycles. The van der Waals surface area contributed by atoms with E-state index in [0.29, 0.717) is 6.54 Å². The van der Waals surface area contributed by atoms with Crippen molar-refractivity contribution in [1.29, 1.82) is 0 Å². The SMILES string of the molecule is Cc1ccc([C@H](C)NCC(O)COc2ccccc2)cc1. The van der Waals surface area contributed by atoms with Gasteiger partial charge in [-0.3, -0.25) is 0 Å². The predicted molar refractivity (Wildman–Crippen MR) is 85.5 cm³/mol. The lowest BCUT2D eigenvalue weighted by Crippen LogP contribution is -2.33. The molecule has 0 aliphatic rings. The van der Waals surface area contributed by atoms with Gasteiger partial charge in [0, 0.05) is 12.6 Å². The van der Waals surface area contributed by atoms with Gasteiger partial charge in [-0.25, -0.2) is 0 Å². The first-order chi connectivity index (χ1) is 10.1. The molecule has 0 aliphatic heterocycles. The third-order valence-corrected chi connectivity index (χ3v) is 3.42. The average Bonchev–Trinajstić information content (AvgIpc) is 2.52. The second-order valence-corrected chi connectivity index (χ2v) is 5.32. The predicted octanol–water partition coefficient (Wildman–Crippen LogP) is 3.09. The minimum Gasteiger partial charge on any atom is -0.491 e. The van der Waals surface area contributed by atoms with Crippen molar-refractivity contribution in [3.05, 3.63) is 65.7 Å². The number of aliphatic hydroxyl groups is 1. The number of nitrogens with one attached hydrogen (secondary N) is 1. The van der Waals surface area contributed by atoms with Crippen molar-refractivity contribution in [1.82, 2.24) is 5.32 Å². The summed E-state index contributed by atoms with van der Waals surface area (Å²) in [6.07, 6.45) is -0.530. The van der Waals surface area contributed by atoms with Crippen LogP contribution in [0.2, 0.25) is 0 Å². The summed E-state index contributed by atoms with van der Waals surface area (Å²) < 4.78 is 5.53. The molecule has 0 fully saturated rings. The Kier molecular flexibility index (Phi) is 5.78. The average molecular weight is 285 g/mol. The van der Waals surface area contributed by atoms with Crippen molar-refractivity contribution in [3.8, 4) is 5.75 Å². The third kappa shape index (κ3) is 5.21. The molecule has 0 saturated heterocycles. The molecule has 0 heterocycles. The van der Waals surface area contributed by atoms with E-state index in [1.807, 2.05) is 30.3 Å². The third-order valence-electron chi connectivity index (χ3n) is 3.42. The molecule has 3 nitrogen and oxygen atoms in total. The fourth-order valence-corrected chi connectivity index (χ4v) is 2.05. The van der Waals surface area contributed by atoms with Crippen molar-refractivity contribution < 1.29 is 9.84 Å². The van der Waals surface area contributed by atoms with Crippen molar-refractivity contribution in [2.45, 2.75) is 26.0 Å². The lowest BCUT2D eigenvalue weighted by Gasteiger charge is -2.18. The number of para-hydroxylation sites is 1. The Bertz CT molecular complexity index is 525. The van der Waals surface area contributed by atoms with E-state index in [0.717, 1.165) is 5.75 Å². The molecule has 0 amide bonds. The Balaban J connectivity index is 1.73. The van der Waals surface area contributed by atoms with Gasteiger partial charge in [0.05, 0.1) is 0 Å². The fourth-order valence-electron chi connectivity index (χ4n) is 2.05. The van der Waals surface area contributed by atoms with Gasteiger partial charge in [-0.1, -0.05) is 48.0 Å².